The molecule has 2 N–H and O–H groups in total. The molecule has 0 aliphatic carbocycles. The van der Waals surface area contributed by atoms with E-state index in [-0.39, 0.29) is 22.7 Å². The molecule has 2 rings (SSSR count). The second-order valence-electron chi connectivity index (χ2n) is 4.18. The van der Waals surface area contributed by atoms with E-state index >= 15 is 0 Å². The van der Waals surface area contributed by atoms with E-state index in [1.807, 2.05) is 0 Å². The number of fused-ring (bicyclic) bond motifs is 1. The number of Topliss-reactive ketones (excluding diaryl/α,β-unsaturated/α-hetero) is 1. The molecule has 0 spiro atoms. The van der Waals surface area contributed by atoms with Crippen molar-refractivity contribution in [3.63, 3.8) is 0 Å². The number of nitro benzene ring substituents is 1. The number of carbonyl (C=O) groups is 2. The fourth-order valence-corrected chi connectivity index (χ4v) is 1.98. The average Bonchev–Trinajstić information content (AvgIpc) is 2.50. The second-order valence-corrected chi connectivity index (χ2v) is 4.18. The van der Waals surface area contributed by atoms with Crippen LogP contribution in [0.3, 0.4) is 0 Å². The molecule has 1 heterocycles. The lowest BCUT2D eigenvalue weighted by Crippen LogP contribution is -2.36. The molecule has 1 unspecified atom stereocenters. The summed E-state index contributed by atoms with van der Waals surface area (Å²) in [6.45, 7) is 1.24. The molecule has 0 radical (unpaired) electrons. The second kappa shape index (κ2) is 3.88. The van der Waals surface area contributed by atoms with Crippen molar-refractivity contribution in [2.45, 2.75) is 18.9 Å². The standard InChI is InChI=1S/C11H10N2O5/c1-6(14)5-11(16)8-4-7(13(17)18)2-3-9(8)12-10(11)15/h2-4,16H,5H2,1H3,(H,12,15). The van der Waals surface area contributed by atoms with Crippen LogP contribution in [0.2, 0.25) is 0 Å². The third kappa shape index (κ3) is 1.74. The number of amides is 1. The fourth-order valence-electron chi connectivity index (χ4n) is 1.98. The summed E-state index contributed by atoms with van der Waals surface area (Å²) in [4.78, 5) is 32.8. The van der Waals surface area contributed by atoms with Gasteiger partial charge in [0, 0.05) is 29.8 Å². The minimum absolute atomic E-state index is 0.0666. The lowest BCUT2D eigenvalue weighted by atomic mass is 9.90. The van der Waals surface area contributed by atoms with E-state index in [2.05, 4.69) is 5.32 Å². The Labute approximate surface area is 102 Å². The Morgan fingerprint density at radius 2 is 2.22 bits per heavy atom. The molecule has 18 heavy (non-hydrogen) atoms. The number of non-ortho nitro benzene ring substituents is 1. The number of ketones is 1. The van der Waals surface area contributed by atoms with E-state index in [0.29, 0.717) is 0 Å². The van der Waals surface area contributed by atoms with Gasteiger partial charge >= 0.3 is 0 Å². The van der Waals surface area contributed by atoms with Gasteiger partial charge in [-0.1, -0.05) is 0 Å². The first-order chi connectivity index (χ1) is 8.34. The summed E-state index contributed by atoms with van der Waals surface area (Å²) in [6.07, 6.45) is -0.410. The molecule has 1 aliphatic rings. The van der Waals surface area contributed by atoms with Crippen molar-refractivity contribution in [3.8, 4) is 0 Å². The molecular weight excluding hydrogens is 240 g/mol. The van der Waals surface area contributed by atoms with Crippen LogP contribution in [-0.2, 0) is 15.2 Å². The first-order valence-corrected chi connectivity index (χ1v) is 5.17. The minimum atomic E-state index is -2.02. The van der Waals surface area contributed by atoms with Gasteiger partial charge in [0.25, 0.3) is 11.6 Å². The Morgan fingerprint density at radius 3 is 2.78 bits per heavy atom. The topological polar surface area (TPSA) is 110 Å². The van der Waals surface area contributed by atoms with Gasteiger partial charge < -0.3 is 10.4 Å². The lowest BCUT2D eigenvalue weighted by molar-refractivity contribution is -0.385. The Hall–Kier alpha value is -2.28. The molecule has 1 atom stereocenters. The zero-order valence-corrected chi connectivity index (χ0v) is 9.47. The third-order valence-corrected chi connectivity index (χ3v) is 2.79. The zero-order chi connectivity index (χ0) is 13.5. The zero-order valence-electron chi connectivity index (χ0n) is 9.47. The van der Waals surface area contributed by atoms with E-state index in [4.69, 9.17) is 0 Å². The van der Waals surface area contributed by atoms with Crippen LogP contribution in [0.5, 0.6) is 0 Å². The molecule has 1 aromatic rings. The quantitative estimate of drug-likeness (QED) is 0.606. The Bertz CT molecular complexity index is 569. The number of hydrogen-bond donors (Lipinski definition) is 2. The van der Waals surface area contributed by atoms with Crippen molar-refractivity contribution in [1.82, 2.24) is 0 Å². The Balaban J connectivity index is 2.55. The summed E-state index contributed by atoms with van der Waals surface area (Å²) < 4.78 is 0. The summed E-state index contributed by atoms with van der Waals surface area (Å²) in [6, 6.07) is 3.66. The number of nitrogens with one attached hydrogen (secondary N) is 1. The van der Waals surface area contributed by atoms with Gasteiger partial charge in [-0.05, 0) is 13.0 Å². The monoisotopic (exact) mass is 250 g/mol. The number of anilines is 1. The molecule has 0 fully saturated rings. The molecule has 0 aromatic heterocycles. The largest absolute Gasteiger partial charge is 0.375 e. The molecule has 1 aliphatic heterocycles. The van der Waals surface area contributed by atoms with Gasteiger partial charge in [-0.15, -0.1) is 0 Å². The minimum Gasteiger partial charge on any atom is -0.375 e. The number of nitro groups is 1. The summed E-state index contributed by atoms with van der Waals surface area (Å²) in [5.74, 6) is -1.12. The van der Waals surface area contributed by atoms with E-state index in [1.54, 1.807) is 0 Å². The molecule has 1 aromatic carbocycles. The van der Waals surface area contributed by atoms with E-state index in [9.17, 15) is 24.8 Å². The van der Waals surface area contributed by atoms with Crippen LogP contribution in [0.4, 0.5) is 11.4 Å². The smallest absolute Gasteiger partial charge is 0.269 e. The molecule has 1 amide bonds. The van der Waals surface area contributed by atoms with Crippen molar-refractivity contribution in [2.75, 3.05) is 5.32 Å². The highest BCUT2D eigenvalue weighted by Crippen LogP contribution is 2.40. The van der Waals surface area contributed by atoms with Crippen LogP contribution in [0, 0.1) is 10.1 Å². The number of aliphatic hydroxyl groups is 1. The predicted molar refractivity (Wildman–Crippen MR) is 60.9 cm³/mol. The lowest BCUT2D eigenvalue weighted by Gasteiger charge is -2.18. The summed E-state index contributed by atoms with van der Waals surface area (Å²) in [5, 5.41) is 23.3. The van der Waals surface area contributed by atoms with Gasteiger partial charge in [-0.25, -0.2) is 0 Å². The number of hydrogen-bond acceptors (Lipinski definition) is 5. The van der Waals surface area contributed by atoms with Crippen LogP contribution >= 0.6 is 0 Å². The van der Waals surface area contributed by atoms with Gasteiger partial charge in [0.05, 0.1) is 4.92 Å². The first-order valence-electron chi connectivity index (χ1n) is 5.17. The van der Waals surface area contributed by atoms with E-state index < -0.39 is 22.9 Å². The predicted octanol–water partition coefficient (Wildman–Crippen LogP) is 0.714. The van der Waals surface area contributed by atoms with Crippen LogP contribution in [0.15, 0.2) is 18.2 Å². The third-order valence-electron chi connectivity index (χ3n) is 2.79. The van der Waals surface area contributed by atoms with Crippen LogP contribution in [0.1, 0.15) is 18.9 Å². The number of rotatable bonds is 3. The molecule has 0 saturated carbocycles. The van der Waals surface area contributed by atoms with Crippen LogP contribution in [-0.4, -0.2) is 21.7 Å². The maximum atomic E-state index is 11.7. The highest BCUT2D eigenvalue weighted by atomic mass is 16.6. The van der Waals surface area contributed by atoms with Gasteiger partial charge in [-0.3, -0.25) is 19.7 Å². The van der Waals surface area contributed by atoms with Crippen molar-refractivity contribution in [3.05, 3.63) is 33.9 Å². The fraction of sp³-hybridized carbons (Fsp3) is 0.273. The normalized spacial score (nSPS) is 21.3. The van der Waals surface area contributed by atoms with Crippen molar-refractivity contribution >= 4 is 23.1 Å². The summed E-state index contributed by atoms with van der Waals surface area (Å²) in [7, 11) is 0. The molecular formula is C11H10N2O5. The van der Waals surface area contributed by atoms with Crippen LogP contribution < -0.4 is 5.32 Å². The van der Waals surface area contributed by atoms with Crippen molar-refractivity contribution in [2.24, 2.45) is 0 Å². The first kappa shape index (κ1) is 12.2. The number of nitrogens with zero attached hydrogens (tertiary/aromatic N) is 1. The number of benzene rings is 1. The van der Waals surface area contributed by atoms with Crippen LogP contribution in [0.25, 0.3) is 0 Å². The highest BCUT2D eigenvalue weighted by Gasteiger charge is 2.46. The molecule has 0 saturated heterocycles. The van der Waals surface area contributed by atoms with Crippen molar-refractivity contribution in [1.29, 1.82) is 0 Å². The van der Waals surface area contributed by atoms with Gasteiger partial charge in [0.2, 0.25) is 0 Å². The molecule has 7 nitrogen and oxygen atoms in total. The van der Waals surface area contributed by atoms with E-state index in [0.717, 1.165) is 6.07 Å². The van der Waals surface area contributed by atoms with E-state index in [1.165, 1.54) is 19.1 Å². The maximum Gasteiger partial charge on any atom is 0.269 e. The SMILES string of the molecule is CC(=O)CC1(O)C(=O)Nc2ccc([N+](=O)[O-])cc21. The highest BCUT2D eigenvalue weighted by molar-refractivity contribution is 6.07. The Morgan fingerprint density at radius 1 is 1.56 bits per heavy atom. The molecule has 0 bridgehead atoms. The molecule has 94 valence electrons. The Kier molecular flexibility index (Phi) is 2.63. The maximum absolute atomic E-state index is 11.7. The number of carbonyl (C=O) groups excluding carboxylic acids is 2. The molecule has 7 heteroatoms. The van der Waals surface area contributed by atoms with Gasteiger partial charge in [-0.2, -0.15) is 0 Å². The van der Waals surface area contributed by atoms with Crippen molar-refractivity contribution < 1.29 is 19.6 Å². The summed E-state index contributed by atoms with van der Waals surface area (Å²) >= 11 is 0. The summed E-state index contributed by atoms with van der Waals surface area (Å²) in [5.41, 5.74) is -1.91. The average molecular weight is 250 g/mol. The van der Waals surface area contributed by atoms with Gasteiger partial charge in [0.15, 0.2) is 5.60 Å². The van der Waals surface area contributed by atoms with Gasteiger partial charge in [0.1, 0.15) is 5.78 Å².